The summed E-state index contributed by atoms with van der Waals surface area (Å²) in [5, 5.41) is 8.83. The van der Waals surface area contributed by atoms with Gasteiger partial charge in [-0.2, -0.15) is 0 Å². The van der Waals surface area contributed by atoms with E-state index in [-0.39, 0.29) is 5.56 Å². The number of rotatable bonds is 4. The summed E-state index contributed by atoms with van der Waals surface area (Å²) in [6.45, 7) is 7.66. The average molecular weight is 262 g/mol. The number of aromatic carboxylic acids is 1. The van der Waals surface area contributed by atoms with Crippen molar-refractivity contribution in [3.63, 3.8) is 0 Å². The Bertz CT molecular complexity index is 434. The molecule has 4 heteroatoms. The monoisotopic (exact) mass is 262 g/mol. The number of hydrogen-bond donors (Lipinski definition) is 1. The summed E-state index contributed by atoms with van der Waals surface area (Å²) in [6.07, 6.45) is 5.15. The third-order valence-electron chi connectivity index (χ3n) is 4.37. The van der Waals surface area contributed by atoms with E-state index in [1.165, 1.54) is 25.5 Å². The van der Waals surface area contributed by atoms with Crippen molar-refractivity contribution in [2.75, 3.05) is 13.1 Å². The predicted molar refractivity (Wildman–Crippen MR) is 74.1 cm³/mol. The fourth-order valence-corrected chi connectivity index (χ4v) is 2.48. The predicted octanol–water partition coefficient (Wildman–Crippen LogP) is 2.79. The van der Waals surface area contributed by atoms with E-state index in [1.54, 1.807) is 6.07 Å². The zero-order valence-corrected chi connectivity index (χ0v) is 11.7. The summed E-state index contributed by atoms with van der Waals surface area (Å²) in [4.78, 5) is 17.4. The van der Waals surface area contributed by atoms with Crippen molar-refractivity contribution in [1.82, 2.24) is 9.88 Å². The second-order valence-corrected chi connectivity index (χ2v) is 5.78. The van der Waals surface area contributed by atoms with Gasteiger partial charge in [0, 0.05) is 12.7 Å². The van der Waals surface area contributed by atoms with Crippen molar-refractivity contribution in [2.24, 2.45) is 5.41 Å². The Hall–Kier alpha value is -1.42. The van der Waals surface area contributed by atoms with E-state index < -0.39 is 5.97 Å². The second-order valence-electron chi connectivity index (χ2n) is 5.78. The molecule has 0 unspecified atom stereocenters. The van der Waals surface area contributed by atoms with Crippen molar-refractivity contribution in [1.29, 1.82) is 0 Å². The summed E-state index contributed by atoms with van der Waals surface area (Å²) in [6, 6.07) is 3.45. The van der Waals surface area contributed by atoms with Gasteiger partial charge in [0.1, 0.15) is 0 Å². The van der Waals surface area contributed by atoms with Crippen molar-refractivity contribution in [2.45, 2.75) is 39.7 Å². The van der Waals surface area contributed by atoms with Crippen LogP contribution in [-0.2, 0) is 6.54 Å². The smallest absolute Gasteiger partial charge is 0.337 e. The number of nitrogens with zero attached hydrogens (tertiary/aromatic N) is 2. The molecule has 0 aliphatic carbocycles. The number of carboxylic acids is 1. The highest BCUT2D eigenvalue weighted by molar-refractivity contribution is 5.87. The highest BCUT2D eigenvalue weighted by Crippen LogP contribution is 2.34. The van der Waals surface area contributed by atoms with Crippen LogP contribution in [0.25, 0.3) is 0 Å². The van der Waals surface area contributed by atoms with Crippen LogP contribution in [-0.4, -0.2) is 34.0 Å². The molecule has 4 nitrogen and oxygen atoms in total. The zero-order valence-electron chi connectivity index (χ0n) is 11.7. The van der Waals surface area contributed by atoms with E-state index in [1.807, 2.05) is 6.07 Å². The van der Waals surface area contributed by atoms with Crippen LogP contribution < -0.4 is 0 Å². The van der Waals surface area contributed by atoms with Crippen LogP contribution in [0.15, 0.2) is 18.3 Å². The molecule has 0 radical (unpaired) electrons. The number of pyridine rings is 1. The lowest BCUT2D eigenvalue weighted by atomic mass is 9.78. The molecule has 0 saturated carbocycles. The number of aromatic nitrogens is 1. The van der Waals surface area contributed by atoms with E-state index in [2.05, 4.69) is 23.7 Å². The first-order valence-electron chi connectivity index (χ1n) is 6.93. The number of piperidine rings is 1. The van der Waals surface area contributed by atoms with Crippen LogP contribution in [0, 0.1) is 5.41 Å². The third kappa shape index (κ3) is 3.53. The van der Waals surface area contributed by atoms with E-state index in [9.17, 15) is 4.79 Å². The van der Waals surface area contributed by atoms with Gasteiger partial charge >= 0.3 is 5.97 Å². The molecule has 2 rings (SSSR count). The zero-order chi connectivity index (χ0) is 13.9. The van der Waals surface area contributed by atoms with E-state index in [0.717, 1.165) is 25.3 Å². The molecule has 1 fully saturated rings. The van der Waals surface area contributed by atoms with Crippen LogP contribution in [0.4, 0.5) is 0 Å². The minimum atomic E-state index is -0.921. The van der Waals surface area contributed by atoms with E-state index in [0.29, 0.717) is 5.41 Å². The summed E-state index contributed by atoms with van der Waals surface area (Å²) in [7, 11) is 0. The Morgan fingerprint density at radius 1 is 1.42 bits per heavy atom. The number of hydrogen-bond acceptors (Lipinski definition) is 3. The van der Waals surface area contributed by atoms with Gasteiger partial charge < -0.3 is 5.11 Å². The summed E-state index contributed by atoms with van der Waals surface area (Å²) < 4.78 is 0. The fourth-order valence-electron chi connectivity index (χ4n) is 2.48. The minimum absolute atomic E-state index is 0.251. The van der Waals surface area contributed by atoms with E-state index >= 15 is 0 Å². The summed E-state index contributed by atoms with van der Waals surface area (Å²) in [5.74, 6) is -0.921. The molecule has 0 atom stereocenters. The van der Waals surface area contributed by atoms with E-state index in [4.69, 9.17) is 5.11 Å². The maximum atomic E-state index is 10.8. The van der Waals surface area contributed by atoms with Crippen molar-refractivity contribution < 1.29 is 9.90 Å². The van der Waals surface area contributed by atoms with Gasteiger partial charge in [0.05, 0.1) is 11.3 Å². The van der Waals surface area contributed by atoms with Crippen LogP contribution >= 0.6 is 0 Å². The Balaban J connectivity index is 1.90. The molecule has 104 valence electrons. The Morgan fingerprint density at radius 2 is 2.11 bits per heavy atom. The molecule has 1 aliphatic rings. The van der Waals surface area contributed by atoms with Gasteiger partial charge in [0.2, 0.25) is 0 Å². The summed E-state index contributed by atoms with van der Waals surface area (Å²) >= 11 is 0. The Kier molecular flexibility index (Phi) is 4.20. The quantitative estimate of drug-likeness (QED) is 0.906. The lowest BCUT2D eigenvalue weighted by Gasteiger charge is -2.38. The topological polar surface area (TPSA) is 53.4 Å². The van der Waals surface area contributed by atoms with Crippen LogP contribution in [0.5, 0.6) is 0 Å². The molecular formula is C15H22N2O2. The molecule has 2 heterocycles. The van der Waals surface area contributed by atoms with Crippen LogP contribution in [0.3, 0.4) is 0 Å². The SMILES string of the molecule is CCC1(C)CCN(Cc2ccc(C(=O)O)cn2)CC1. The highest BCUT2D eigenvalue weighted by atomic mass is 16.4. The molecule has 1 aromatic rings. The number of likely N-dealkylation sites (tertiary alicyclic amines) is 1. The van der Waals surface area contributed by atoms with Gasteiger partial charge in [0.15, 0.2) is 0 Å². The number of carboxylic acid groups (broad SMARTS) is 1. The van der Waals surface area contributed by atoms with Crippen molar-refractivity contribution >= 4 is 5.97 Å². The van der Waals surface area contributed by atoms with Gasteiger partial charge in [-0.1, -0.05) is 20.3 Å². The van der Waals surface area contributed by atoms with Gasteiger partial charge in [-0.15, -0.1) is 0 Å². The van der Waals surface area contributed by atoms with Gasteiger partial charge in [0.25, 0.3) is 0 Å². The number of carbonyl (C=O) groups is 1. The first-order chi connectivity index (χ1) is 9.02. The maximum absolute atomic E-state index is 10.8. The molecule has 1 aliphatic heterocycles. The van der Waals surface area contributed by atoms with Crippen molar-refractivity contribution in [3.05, 3.63) is 29.6 Å². The van der Waals surface area contributed by atoms with Gasteiger partial charge in [-0.3, -0.25) is 9.88 Å². The Morgan fingerprint density at radius 3 is 2.58 bits per heavy atom. The molecule has 0 spiro atoms. The van der Waals surface area contributed by atoms with Crippen LogP contribution in [0.1, 0.15) is 49.2 Å². The molecular weight excluding hydrogens is 240 g/mol. The highest BCUT2D eigenvalue weighted by Gasteiger charge is 2.28. The standard InChI is InChI=1S/C15H22N2O2/c1-3-15(2)6-8-17(9-7-15)11-13-5-4-12(10-16-13)14(18)19/h4-5,10H,3,6-9,11H2,1-2H3,(H,18,19). The Labute approximate surface area is 114 Å². The lowest BCUT2D eigenvalue weighted by Crippen LogP contribution is -2.38. The lowest BCUT2D eigenvalue weighted by molar-refractivity contribution is 0.0696. The molecule has 0 bridgehead atoms. The molecule has 19 heavy (non-hydrogen) atoms. The molecule has 1 aromatic heterocycles. The fraction of sp³-hybridized carbons (Fsp3) is 0.600. The van der Waals surface area contributed by atoms with Gasteiger partial charge in [-0.25, -0.2) is 4.79 Å². The average Bonchev–Trinajstić information content (AvgIpc) is 2.42. The molecule has 0 aromatic carbocycles. The largest absolute Gasteiger partial charge is 0.478 e. The first-order valence-corrected chi connectivity index (χ1v) is 6.93. The molecule has 1 N–H and O–H groups in total. The molecule has 0 amide bonds. The van der Waals surface area contributed by atoms with Gasteiger partial charge in [-0.05, 0) is 43.5 Å². The minimum Gasteiger partial charge on any atom is -0.478 e. The third-order valence-corrected chi connectivity index (χ3v) is 4.37. The second kappa shape index (κ2) is 5.70. The first kappa shape index (κ1) is 14.0. The molecule has 1 saturated heterocycles. The summed E-state index contributed by atoms with van der Waals surface area (Å²) in [5.41, 5.74) is 1.70. The normalized spacial score (nSPS) is 19.3. The maximum Gasteiger partial charge on any atom is 0.337 e. The van der Waals surface area contributed by atoms with Crippen LogP contribution in [0.2, 0.25) is 0 Å². The van der Waals surface area contributed by atoms with Crippen molar-refractivity contribution in [3.8, 4) is 0 Å².